The average Bonchev–Trinajstić information content (AvgIpc) is 0.811. The molecule has 8 N–H and O–H groups in total. The Bertz CT molecular complexity index is 5610. The standard InChI is InChI=1S/C22H21Cl2FN4O3.2C22H21ClF2N4O3.C22H22ClFN4O3/c3*23-15-2-1-14(9-16(15)24)20(11-30)29-7-4-13(10-21(29)31)18-3-6-26-22(27-18)28-19-5-8-32-12-17(19)25;23-17-2-1-15(11-18(17)24)20(13-29)28-8-4-14(12-21(28)30)19-3-7-25-22(27-19)26-16-5-9-31-10-6-16/h3*1-4,6-7,9-10,17,19-20,30H,5,8,11-12H2,(H,26,27,28);1-4,7-8,11-12,16,20,29H,5-6,9-10,13H2,(H,25,26,27)/t2*17-,19+,20-;17-,19-,20-;20-/m1111/s1. The van der Waals surface area contributed by atoms with Crippen molar-refractivity contribution in [2.24, 2.45) is 0 Å². The number of nitrogens with one attached hydrogen (secondary N) is 4. The van der Waals surface area contributed by atoms with Crippen LogP contribution in [0, 0.1) is 17.5 Å². The lowest BCUT2D eigenvalue weighted by Gasteiger charge is -2.26. The summed E-state index contributed by atoms with van der Waals surface area (Å²) < 4.78 is 110. The summed E-state index contributed by atoms with van der Waals surface area (Å²) in [6.07, 6.45) is 12.2. The van der Waals surface area contributed by atoms with Gasteiger partial charge in [-0.2, -0.15) is 0 Å². The number of alkyl halides is 3. The van der Waals surface area contributed by atoms with Gasteiger partial charge in [-0.1, -0.05) is 82.3 Å². The molecular weight excluding hydrogens is 1760 g/mol. The van der Waals surface area contributed by atoms with Crippen molar-refractivity contribution in [1.82, 2.24) is 58.1 Å². The van der Waals surface area contributed by atoms with E-state index in [2.05, 4.69) is 61.1 Å². The molecule has 12 heterocycles. The first-order chi connectivity index (χ1) is 61.4. The van der Waals surface area contributed by atoms with Crippen LogP contribution in [0.25, 0.3) is 45.0 Å². The maximum Gasteiger partial charge on any atom is 0.251 e. The number of halogens is 11. The minimum absolute atomic E-state index is 0.0166. The number of anilines is 4. The monoisotopic (exact) mass is 1850 g/mol. The molecule has 0 saturated carbocycles. The lowest BCUT2D eigenvalue weighted by atomic mass is 10.1. The second-order valence-corrected chi connectivity index (χ2v) is 31.7. The molecule has 39 heteroatoms. The minimum Gasteiger partial charge on any atom is -0.394 e. The second-order valence-electron chi connectivity index (χ2n) is 29.6. The number of aromatic nitrogens is 12. The number of ether oxygens (including phenoxy) is 4. The maximum absolute atomic E-state index is 14.0. The average molecular weight is 1850 g/mol. The largest absolute Gasteiger partial charge is 0.394 e. The topological polar surface area (TPSA) is 357 Å². The SMILES string of the molecule is O=c1cc(-c2ccnc(NC3CCOCC3)n2)ccn1[C@H](CO)c1ccc(Cl)c(F)c1.O=c1cc(-c2ccnc(N[C@@H]3CCOC[C@H]3F)n2)ccn1[C@H](CO)c1ccc(Cl)c(F)c1.O=c1cc(-c2ccnc(N[C@H]3CCOC[C@H]3F)n2)ccn1[C@H](CO)c1ccc(Cl)c(Cl)c1.O=c1cc(-c2ccnc(N[C@H]3CCOC[C@H]3F)n2)ccn1[C@H](CO)c1ccc(Cl)c(F)c1. The molecule has 666 valence electrons. The Morgan fingerprint density at radius 3 is 0.866 bits per heavy atom. The third kappa shape index (κ3) is 24.2. The fourth-order valence-electron chi connectivity index (χ4n) is 14.4. The zero-order valence-corrected chi connectivity index (χ0v) is 71.2. The fourth-order valence-corrected chi connectivity index (χ4v) is 15.1. The number of aliphatic hydroxyl groups excluding tert-OH is 4. The molecule has 0 amide bonds. The smallest absolute Gasteiger partial charge is 0.251 e. The van der Waals surface area contributed by atoms with E-state index in [9.17, 15) is 65.9 Å². The van der Waals surface area contributed by atoms with Gasteiger partial charge in [-0.3, -0.25) is 19.2 Å². The van der Waals surface area contributed by atoms with Crippen LogP contribution >= 0.6 is 58.0 Å². The van der Waals surface area contributed by atoms with E-state index < -0.39 is 103 Å². The molecule has 0 aliphatic carbocycles. The fraction of sp³-hybridized carbons (Fsp3) is 0.318. The molecule has 0 radical (unpaired) electrons. The summed E-state index contributed by atoms with van der Waals surface area (Å²) in [4.78, 5) is 85.7. The highest BCUT2D eigenvalue weighted by Crippen LogP contribution is 2.32. The number of aliphatic hydroxyl groups is 4. The molecule has 4 aliphatic heterocycles. The van der Waals surface area contributed by atoms with Crippen molar-refractivity contribution in [1.29, 1.82) is 0 Å². The normalized spacial score (nSPS) is 18.5. The highest BCUT2D eigenvalue weighted by Gasteiger charge is 2.31. The van der Waals surface area contributed by atoms with E-state index in [1.807, 2.05) is 0 Å². The van der Waals surface area contributed by atoms with Crippen molar-refractivity contribution in [2.45, 2.75) is 99.0 Å². The summed E-state index contributed by atoms with van der Waals surface area (Å²) in [5.74, 6) is -0.574. The molecule has 8 aromatic heterocycles. The first-order valence-electron chi connectivity index (χ1n) is 40.2. The third-order valence-electron chi connectivity index (χ3n) is 21.3. The molecule has 10 atom stereocenters. The van der Waals surface area contributed by atoms with E-state index in [-0.39, 0.29) is 83.1 Å². The van der Waals surface area contributed by atoms with Crippen LogP contribution in [0.3, 0.4) is 0 Å². The van der Waals surface area contributed by atoms with Gasteiger partial charge in [0.25, 0.3) is 22.2 Å². The van der Waals surface area contributed by atoms with Crippen LogP contribution in [-0.2, 0) is 18.9 Å². The number of hydrogen-bond acceptors (Lipinski definition) is 24. The first-order valence-corrected chi connectivity index (χ1v) is 42.1. The van der Waals surface area contributed by atoms with Crippen LogP contribution in [0.1, 0.15) is 78.5 Å². The van der Waals surface area contributed by atoms with Gasteiger partial charge in [0, 0.05) is 135 Å². The molecule has 4 aliphatic rings. The number of benzene rings is 4. The summed E-state index contributed by atoms with van der Waals surface area (Å²) in [7, 11) is 0. The highest BCUT2D eigenvalue weighted by molar-refractivity contribution is 6.42. The molecular formula is C88H85Cl5F6N16O12. The van der Waals surface area contributed by atoms with Crippen molar-refractivity contribution in [2.75, 3.05) is 101 Å². The summed E-state index contributed by atoms with van der Waals surface area (Å²) >= 11 is 29.3. The molecule has 0 unspecified atom stereocenters. The van der Waals surface area contributed by atoms with E-state index in [1.54, 1.807) is 110 Å². The Balaban J connectivity index is 0.000000145. The summed E-state index contributed by atoms with van der Waals surface area (Å²) in [6.45, 7) is 1.42. The van der Waals surface area contributed by atoms with Gasteiger partial charge >= 0.3 is 0 Å². The van der Waals surface area contributed by atoms with Gasteiger partial charge in [-0.25, -0.2) is 66.2 Å². The van der Waals surface area contributed by atoms with Crippen LogP contribution in [0.5, 0.6) is 0 Å². The van der Waals surface area contributed by atoms with E-state index >= 15 is 0 Å². The Morgan fingerprint density at radius 2 is 0.606 bits per heavy atom. The summed E-state index contributed by atoms with van der Waals surface area (Å²) in [5.41, 5.74) is 4.78. The van der Waals surface area contributed by atoms with Gasteiger partial charge in [-0.15, -0.1) is 0 Å². The zero-order valence-electron chi connectivity index (χ0n) is 67.4. The molecule has 0 bridgehead atoms. The Hall–Kier alpha value is -11.1. The molecule has 0 spiro atoms. The van der Waals surface area contributed by atoms with E-state index in [1.165, 1.54) is 104 Å². The van der Waals surface area contributed by atoms with Crippen molar-refractivity contribution in [3.63, 3.8) is 0 Å². The van der Waals surface area contributed by atoms with Gasteiger partial charge in [0.15, 0.2) is 0 Å². The number of nitrogens with zero attached hydrogens (tertiary/aromatic N) is 12. The Morgan fingerprint density at radius 1 is 0.339 bits per heavy atom. The lowest BCUT2D eigenvalue weighted by molar-refractivity contribution is 0.0284. The van der Waals surface area contributed by atoms with E-state index in [0.717, 1.165) is 12.8 Å². The lowest BCUT2D eigenvalue weighted by Crippen LogP contribution is -2.39. The van der Waals surface area contributed by atoms with Crippen molar-refractivity contribution >= 4 is 81.8 Å². The molecule has 4 fully saturated rings. The molecule has 12 aromatic rings. The van der Waals surface area contributed by atoms with Gasteiger partial charge < -0.3 is 78.9 Å². The highest BCUT2D eigenvalue weighted by atomic mass is 35.5. The first kappa shape index (κ1) is 93.5. The van der Waals surface area contributed by atoms with E-state index in [0.29, 0.717) is 136 Å². The maximum atomic E-state index is 14.0. The molecule has 4 aromatic carbocycles. The van der Waals surface area contributed by atoms with Crippen molar-refractivity contribution in [3.8, 4) is 45.0 Å². The number of rotatable bonds is 24. The summed E-state index contributed by atoms with van der Waals surface area (Å²) in [6, 6.07) is 32.5. The predicted molar refractivity (Wildman–Crippen MR) is 469 cm³/mol. The van der Waals surface area contributed by atoms with Crippen LogP contribution < -0.4 is 43.5 Å². The van der Waals surface area contributed by atoms with E-state index in [4.69, 9.17) is 77.0 Å². The zero-order chi connectivity index (χ0) is 89.8. The van der Waals surface area contributed by atoms with Gasteiger partial charge in [-0.05, 0) is 151 Å². The van der Waals surface area contributed by atoms with Gasteiger partial charge in [0.1, 0.15) is 36.0 Å². The molecule has 4 saturated heterocycles. The van der Waals surface area contributed by atoms with Crippen molar-refractivity contribution < 1.29 is 65.7 Å². The number of pyridine rings is 4. The molecule has 28 nitrogen and oxygen atoms in total. The van der Waals surface area contributed by atoms with Crippen LogP contribution in [-0.4, -0.2) is 201 Å². The van der Waals surface area contributed by atoms with Crippen LogP contribution in [0.4, 0.5) is 50.1 Å². The quantitative estimate of drug-likeness (QED) is 0.0260. The van der Waals surface area contributed by atoms with Crippen LogP contribution in [0.2, 0.25) is 25.1 Å². The number of hydrogen-bond donors (Lipinski definition) is 8. The third-order valence-corrected chi connectivity index (χ3v) is 23.0. The summed E-state index contributed by atoms with van der Waals surface area (Å²) in [5, 5.41) is 52.3. The molecule has 127 heavy (non-hydrogen) atoms. The second kappa shape index (κ2) is 44.6. The Labute approximate surface area is 747 Å². The molecule has 16 rings (SSSR count). The Kier molecular flexibility index (Phi) is 32.8. The van der Waals surface area contributed by atoms with Crippen LogP contribution in [0.15, 0.2) is 214 Å². The van der Waals surface area contributed by atoms with Gasteiger partial charge in [0.2, 0.25) is 23.8 Å². The minimum atomic E-state index is -1.16. The predicted octanol–water partition coefficient (Wildman–Crippen LogP) is 13.4. The van der Waals surface area contributed by atoms with Gasteiger partial charge in [0.05, 0.1) is 136 Å². The van der Waals surface area contributed by atoms with Crippen molar-refractivity contribution in [3.05, 3.63) is 301 Å².